The van der Waals surface area contributed by atoms with Gasteiger partial charge in [-0.1, -0.05) is 48.5 Å². The number of esters is 2. The molecule has 0 atom stereocenters. The summed E-state index contributed by atoms with van der Waals surface area (Å²) in [7, 11) is 0. The largest absolute Gasteiger partial charge is 0.462 e. The molecule has 0 radical (unpaired) electrons. The minimum absolute atomic E-state index is 0.102. The molecule has 0 saturated carbocycles. The van der Waals surface area contributed by atoms with E-state index in [0.717, 1.165) is 27.1 Å². The molecule has 0 N–H and O–H groups in total. The van der Waals surface area contributed by atoms with E-state index < -0.39 is 11.9 Å². The van der Waals surface area contributed by atoms with Gasteiger partial charge in [0.1, 0.15) is 5.57 Å². The average Bonchev–Trinajstić information content (AvgIpc) is 2.65. The van der Waals surface area contributed by atoms with Crippen LogP contribution >= 0.6 is 0 Å². The van der Waals surface area contributed by atoms with Gasteiger partial charge in [0, 0.05) is 0 Å². The molecular formula is C22H20O4. The summed E-state index contributed by atoms with van der Waals surface area (Å²) >= 11 is 0. The fraction of sp³-hybridized carbons (Fsp3) is 0.182. The lowest BCUT2D eigenvalue weighted by Gasteiger charge is -2.11. The molecule has 4 heteroatoms. The van der Waals surface area contributed by atoms with Gasteiger partial charge in [0.2, 0.25) is 0 Å². The number of hydrogen-bond donors (Lipinski definition) is 0. The van der Waals surface area contributed by atoms with Crippen molar-refractivity contribution in [1.29, 1.82) is 0 Å². The third-order valence-corrected chi connectivity index (χ3v) is 4.09. The van der Waals surface area contributed by atoms with E-state index in [1.165, 1.54) is 0 Å². The maximum atomic E-state index is 12.3. The van der Waals surface area contributed by atoms with Gasteiger partial charge in [-0.15, -0.1) is 0 Å². The summed E-state index contributed by atoms with van der Waals surface area (Å²) in [5.41, 5.74) is 0.699. The van der Waals surface area contributed by atoms with E-state index in [2.05, 4.69) is 6.07 Å². The van der Waals surface area contributed by atoms with Gasteiger partial charge < -0.3 is 9.47 Å². The summed E-state index contributed by atoms with van der Waals surface area (Å²) in [6, 6.07) is 17.8. The van der Waals surface area contributed by atoms with Gasteiger partial charge in [-0.25, -0.2) is 9.59 Å². The molecule has 0 unspecified atom stereocenters. The van der Waals surface area contributed by atoms with Crippen LogP contribution in [0.3, 0.4) is 0 Å². The predicted molar refractivity (Wildman–Crippen MR) is 103 cm³/mol. The first-order valence-corrected chi connectivity index (χ1v) is 8.62. The van der Waals surface area contributed by atoms with Crippen LogP contribution in [-0.2, 0) is 19.1 Å². The van der Waals surface area contributed by atoms with Gasteiger partial charge in [-0.05, 0) is 53.1 Å². The molecule has 3 rings (SSSR count). The molecule has 0 fully saturated rings. The van der Waals surface area contributed by atoms with Crippen molar-refractivity contribution >= 4 is 39.6 Å². The first-order valence-electron chi connectivity index (χ1n) is 8.62. The molecular weight excluding hydrogens is 328 g/mol. The number of carbonyl (C=O) groups excluding carboxylic acids is 2. The Hall–Kier alpha value is -3.14. The molecule has 0 aliphatic carbocycles. The Morgan fingerprint density at radius 2 is 1.27 bits per heavy atom. The van der Waals surface area contributed by atoms with E-state index >= 15 is 0 Å². The quantitative estimate of drug-likeness (QED) is 0.224. The van der Waals surface area contributed by atoms with Crippen LogP contribution in [0.1, 0.15) is 19.4 Å². The van der Waals surface area contributed by atoms with E-state index in [-0.39, 0.29) is 18.8 Å². The first-order chi connectivity index (χ1) is 12.7. The minimum atomic E-state index is -0.678. The van der Waals surface area contributed by atoms with Gasteiger partial charge >= 0.3 is 11.9 Å². The fourth-order valence-electron chi connectivity index (χ4n) is 2.97. The summed E-state index contributed by atoms with van der Waals surface area (Å²) < 4.78 is 10.1. The van der Waals surface area contributed by atoms with E-state index in [4.69, 9.17) is 9.47 Å². The van der Waals surface area contributed by atoms with Crippen molar-refractivity contribution in [2.75, 3.05) is 13.2 Å². The summed E-state index contributed by atoms with van der Waals surface area (Å²) in [5, 5.41) is 3.98. The van der Waals surface area contributed by atoms with Crippen LogP contribution in [-0.4, -0.2) is 25.2 Å². The third kappa shape index (κ3) is 3.45. The molecule has 0 spiro atoms. The lowest BCUT2D eigenvalue weighted by molar-refractivity contribution is -0.146. The number of ether oxygens (including phenoxy) is 2. The minimum Gasteiger partial charge on any atom is -0.462 e. The van der Waals surface area contributed by atoms with Crippen LogP contribution in [0, 0.1) is 0 Å². The number of carbonyl (C=O) groups is 2. The van der Waals surface area contributed by atoms with Crippen molar-refractivity contribution in [2.45, 2.75) is 13.8 Å². The Morgan fingerprint density at radius 1 is 0.808 bits per heavy atom. The monoisotopic (exact) mass is 348 g/mol. The molecule has 0 saturated heterocycles. The molecule has 0 heterocycles. The Balaban J connectivity index is 2.30. The van der Waals surface area contributed by atoms with E-state index in [1.54, 1.807) is 19.9 Å². The molecule has 0 aliphatic rings. The molecule has 3 aromatic rings. The highest BCUT2D eigenvalue weighted by Gasteiger charge is 2.22. The number of fused-ring (bicyclic) bond motifs is 2. The molecule has 4 nitrogen and oxygen atoms in total. The van der Waals surface area contributed by atoms with Crippen LogP contribution in [0.15, 0.2) is 60.2 Å². The first kappa shape index (κ1) is 17.7. The van der Waals surface area contributed by atoms with Gasteiger partial charge in [-0.3, -0.25) is 0 Å². The second-order valence-corrected chi connectivity index (χ2v) is 5.73. The molecule has 0 aromatic heterocycles. The van der Waals surface area contributed by atoms with Crippen LogP contribution in [0.25, 0.3) is 27.6 Å². The predicted octanol–water partition coefficient (Wildman–Crippen LogP) is 4.50. The average molecular weight is 348 g/mol. The van der Waals surface area contributed by atoms with Crippen molar-refractivity contribution < 1.29 is 19.1 Å². The van der Waals surface area contributed by atoms with Crippen molar-refractivity contribution in [2.24, 2.45) is 0 Å². The normalized spacial score (nSPS) is 10.5. The third-order valence-electron chi connectivity index (χ3n) is 4.09. The maximum absolute atomic E-state index is 12.3. The van der Waals surface area contributed by atoms with Crippen molar-refractivity contribution in [1.82, 2.24) is 0 Å². The van der Waals surface area contributed by atoms with Gasteiger partial charge in [0.25, 0.3) is 0 Å². The zero-order valence-electron chi connectivity index (χ0n) is 14.8. The molecule has 0 aliphatic heterocycles. The Labute approximate surface area is 152 Å². The van der Waals surface area contributed by atoms with Gasteiger partial charge in [0.05, 0.1) is 13.2 Å². The smallest absolute Gasteiger partial charge is 0.345 e. The van der Waals surface area contributed by atoms with Gasteiger partial charge in [-0.2, -0.15) is 0 Å². The fourth-order valence-corrected chi connectivity index (χ4v) is 2.97. The Morgan fingerprint density at radius 3 is 1.73 bits per heavy atom. The summed E-state index contributed by atoms with van der Waals surface area (Å²) in [6.45, 7) is 3.78. The molecule has 0 amide bonds. The maximum Gasteiger partial charge on any atom is 0.345 e. The molecule has 3 aromatic carbocycles. The molecule has 0 bridgehead atoms. The van der Waals surface area contributed by atoms with E-state index in [0.29, 0.717) is 0 Å². The van der Waals surface area contributed by atoms with Gasteiger partial charge in [0.15, 0.2) is 0 Å². The lowest BCUT2D eigenvalue weighted by atomic mass is 9.95. The second-order valence-electron chi connectivity index (χ2n) is 5.73. The standard InChI is InChI=1S/C22H20O4/c1-3-25-21(23)20(22(24)26-4-2)14-19-17-11-7-5-9-15(17)13-16-10-6-8-12-18(16)19/h5-14H,3-4H2,1-2H3. The van der Waals surface area contributed by atoms with E-state index in [9.17, 15) is 9.59 Å². The van der Waals surface area contributed by atoms with Crippen LogP contribution in [0.5, 0.6) is 0 Å². The summed E-state index contributed by atoms with van der Waals surface area (Å²) in [4.78, 5) is 24.7. The molecule has 132 valence electrons. The zero-order chi connectivity index (χ0) is 18.5. The zero-order valence-corrected chi connectivity index (χ0v) is 14.8. The van der Waals surface area contributed by atoms with Crippen LogP contribution in [0.2, 0.25) is 0 Å². The summed E-state index contributed by atoms with van der Waals surface area (Å²) in [6.07, 6.45) is 1.58. The Bertz CT molecular complexity index is 927. The topological polar surface area (TPSA) is 52.6 Å². The van der Waals surface area contributed by atoms with Crippen molar-refractivity contribution in [3.05, 3.63) is 65.7 Å². The van der Waals surface area contributed by atoms with Crippen LogP contribution in [0.4, 0.5) is 0 Å². The number of rotatable bonds is 5. The molecule has 26 heavy (non-hydrogen) atoms. The lowest BCUT2D eigenvalue weighted by Crippen LogP contribution is -2.18. The van der Waals surface area contributed by atoms with Crippen LogP contribution < -0.4 is 0 Å². The Kier molecular flexibility index (Phi) is 5.32. The van der Waals surface area contributed by atoms with Crippen molar-refractivity contribution in [3.63, 3.8) is 0 Å². The summed E-state index contributed by atoms with van der Waals surface area (Å²) in [5.74, 6) is -1.36. The highest BCUT2D eigenvalue weighted by molar-refractivity contribution is 6.20. The second kappa shape index (κ2) is 7.83. The van der Waals surface area contributed by atoms with Crippen molar-refractivity contribution in [3.8, 4) is 0 Å². The highest BCUT2D eigenvalue weighted by atomic mass is 16.6. The number of benzene rings is 3. The number of hydrogen-bond acceptors (Lipinski definition) is 4. The van der Waals surface area contributed by atoms with E-state index in [1.807, 2.05) is 48.5 Å². The SMILES string of the molecule is CCOC(=O)C(=Cc1c2ccccc2cc2ccccc12)C(=O)OCC. The highest BCUT2D eigenvalue weighted by Crippen LogP contribution is 2.30.